The van der Waals surface area contributed by atoms with Crippen molar-refractivity contribution in [3.63, 3.8) is 0 Å². The highest BCUT2D eigenvalue weighted by molar-refractivity contribution is 7.89. The lowest BCUT2D eigenvalue weighted by molar-refractivity contribution is -0.126. The van der Waals surface area contributed by atoms with Crippen LogP contribution in [0.5, 0.6) is 0 Å². The molecule has 1 aliphatic rings. The van der Waals surface area contributed by atoms with Crippen LogP contribution in [-0.4, -0.2) is 69.7 Å². The molecule has 0 unspecified atom stereocenters. The molecule has 1 atom stereocenters. The van der Waals surface area contributed by atoms with Gasteiger partial charge < -0.3 is 14.8 Å². The third-order valence-electron chi connectivity index (χ3n) is 4.50. The van der Waals surface area contributed by atoms with Crippen LogP contribution in [0.25, 0.3) is 10.8 Å². The zero-order valence-electron chi connectivity index (χ0n) is 15.4. The summed E-state index contributed by atoms with van der Waals surface area (Å²) in [4.78, 5) is 16.1. The van der Waals surface area contributed by atoms with Gasteiger partial charge in [0.1, 0.15) is 6.61 Å². The first kappa shape index (κ1) is 20.9. The van der Waals surface area contributed by atoms with Gasteiger partial charge in [-0.3, -0.25) is 9.78 Å². The lowest BCUT2D eigenvalue weighted by Crippen LogP contribution is -2.40. The van der Waals surface area contributed by atoms with Crippen LogP contribution in [0.2, 0.25) is 5.02 Å². The first-order chi connectivity index (χ1) is 13.4. The summed E-state index contributed by atoms with van der Waals surface area (Å²) in [5.74, 6) is -0.278. The van der Waals surface area contributed by atoms with E-state index in [0.717, 1.165) is 0 Å². The summed E-state index contributed by atoms with van der Waals surface area (Å²) in [6, 6.07) is 4.71. The van der Waals surface area contributed by atoms with Gasteiger partial charge in [-0.15, -0.1) is 0 Å². The van der Waals surface area contributed by atoms with Crippen molar-refractivity contribution in [2.75, 3.05) is 40.0 Å². The van der Waals surface area contributed by atoms with E-state index in [-0.39, 0.29) is 35.0 Å². The van der Waals surface area contributed by atoms with E-state index in [0.29, 0.717) is 37.0 Å². The lowest BCUT2D eigenvalue weighted by atomic mass is 10.2. The van der Waals surface area contributed by atoms with Crippen molar-refractivity contribution >= 4 is 38.3 Å². The topological polar surface area (TPSA) is 97.8 Å². The number of methoxy groups -OCH3 is 1. The smallest absolute Gasteiger partial charge is 0.246 e. The van der Waals surface area contributed by atoms with Gasteiger partial charge in [-0.25, -0.2) is 8.42 Å². The fourth-order valence-electron chi connectivity index (χ4n) is 3.15. The third kappa shape index (κ3) is 4.61. The number of amides is 1. The molecule has 2 aromatic rings. The van der Waals surface area contributed by atoms with Gasteiger partial charge in [-0.05, 0) is 12.5 Å². The van der Waals surface area contributed by atoms with Gasteiger partial charge >= 0.3 is 0 Å². The molecule has 0 bridgehead atoms. The summed E-state index contributed by atoms with van der Waals surface area (Å²) in [6.07, 6.45) is 3.54. The summed E-state index contributed by atoms with van der Waals surface area (Å²) in [5, 5.41) is 4.21. The molecule has 28 heavy (non-hydrogen) atoms. The molecule has 1 aromatic heterocycles. The number of pyridine rings is 1. The third-order valence-corrected chi connectivity index (χ3v) is 6.69. The monoisotopic (exact) mass is 427 g/mol. The summed E-state index contributed by atoms with van der Waals surface area (Å²) in [5.41, 5.74) is 0. The number of aromatic nitrogens is 1. The zero-order valence-corrected chi connectivity index (χ0v) is 17.0. The summed E-state index contributed by atoms with van der Waals surface area (Å²) >= 11 is 6.22. The molecule has 1 fully saturated rings. The molecule has 0 radical (unpaired) electrons. The van der Waals surface area contributed by atoms with Crippen molar-refractivity contribution < 1.29 is 22.7 Å². The Hall–Kier alpha value is -1.78. The number of ether oxygens (including phenoxy) is 2. The van der Waals surface area contributed by atoms with Crippen LogP contribution in [0.3, 0.4) is 0 Å². The molecule has 0 aliphatic carbocycles. The number of rotatable bonds is 8. The van der Waals surface area contributed by atoms with Crippen LogP contribution in [0.15, 0.2) is 35.5 Å². The summed E-state index contributed by atoms with van der Waals surface area (Å²) in [7, 11) is -2.21. The first-order valence-electron chi connectivity index (χ1n) is 8.82. The van der Waals surface area contributed by atoms with Crippen LogP contribution in [0.4, 0.5) is 0 Å². The molecular weight excluding hydrogens is 406 g/mol. The lowest BCUT2D eigenvalue weighted by Gasteiger charge is -2.18. The van der Waals surface area contributed by atoms with Crippen LogP contribution < -0.4 is 5.32 Å². The molecule has 1 saturated heterocycles. The number of carbonyl (C=O) groups excluding carboxylic acids is 1. The second kappa shape index (κ2) is 9.15. The SMILES string of the molecule is COCCOCC(=O)N[C@H]1CCN(S(=O)(=O)c2cccc3cncc(Cl)c23)C1. The summed E-state index contributed by atoms with van der Waals surface area (Å²) < 4.78 is 37.7. The largest absolute Gasteiger partial charge is 0.382 e. The Balaban J connectivity index is 1.69. The van der Waals surface area contributed by atoms with Crippen LogP contribution in [-0.2, 0) is 24.3 Å². The molecule has 0 saturated carbocycles. The highest BCUT2D eigenvalue weighted by Gasteiger charge is 2.34. The average molecular weight is 428 g/mol. The van der Waals surface area contributed by atoms with Gasteiger partial charge in [0.05, 0.1) is 23.1 Å². The van der Waals surface area contributed by atoms with E-state index in [4.69, 9.17) is 21.1 Å². The quantitative estimate of drug-likeness (QED) is 0.640. The number of fused-ring (bicyclic) bond motifs is 1. The van der Waals surface area contributed by atoms with Crippen molar-refractivity contribution in [1.82, 2.24) is 14.6 Å². The predicted octanol–water partition coefficient (Wildman–Crippen LogP) is 1.43. The van der Waals surface area contributed by atoms with E-state index in [1.165, 1.54) is 10.5 Å². The average Bonchev–Trinajstić information content (AvgIpc) is 3.14. The Morgan fingerprint density at radius 3 is 2.96 bits per heavy atom. The minimum absolute atomic E-state index is 0.0848. The van der Waals surface area contributed by atoms with Crippen LogP contribution in [0, 0.1) is 0 Å². The molecule has 1 aliphatic heterocycles. The molecule has 8 nitrogen and oxygen atoms in total. The van der Waals surface area contributed by atoms with E-state index >= 15 is 0 Å². The molecule has 1 N–H and O–H groups in total. The van der Waals surface area contributed by atoms with Crippen molar-refractivity contribution in [2.45, 2.75) is 17.4 Å². The van der Waals surface area contributed by atoms with Gasteiger partial charge in [-0.1, -0.05) is 23.7 Å². The number of halogens is 1. The van der Waals surface area contributed by atoms with Crippen molar-refractivity contribution in [3.05, 3.63) is 35.6 Å². The number of hydrogen-bond donors (Lipinski definition) is 1. The number of hydrogen-bond acceptors (Lipinski definition) is 6. The number of nitrogens with one attached hydrogen (secondary N) is 1. The van der Waals surface area contributed by atoms with E-state index in [1.54, 1.807) is 31.5 Å². The van der Waals surface area contributed by atoms with Gasteiger partial charge in [0, 0.05) is 49.4 Å². The molecular formula is C18H22ClN3O5S. The van der Waals surface area contributed by atoms with Gasteiger partial charge in [0.2, 0.25) is 15.9 Å². The Morgan fingerprint density at radius 1 is 1.36 bits per heavy atom. The molecule has 1 amide bonds. The number of sulfonamides is 1. The Kier molecular flexibility index (Phi) is 6.84. The maximum Gasteiger partial charge on any atom is 0.246 e. The fourth-order valence-corrected chi connectivity index (χ4v) is 5.21. The first-order valence-corrected chi connectivity index (χ1v) is 10.6. The van der Waals surface area contributed by atoms with Crippen LogP contribution >= 0.6 is 11.6 Å². The Labute approximate surface area is 168 Å². The normalized spacial score (nSPS) is 17.9. The van der Waals surface area contributed by atoms with E-state index in [2.05, 4.69) is 10.3 Å². The van der Waals surface area contributed by atoms with Gasteiger partial charge in [-0.2, -0.15) is 4.31 Å². The fraction of sp³-hybridized carbons (Fsp3) is 0.444. The second-order valence-corrected chi connectivity index (χ2v) is 8.75. The predicted molar refractivity (Wildman–Crippen MR) is 105 cm³/mol. The van der Waals surface area contributed by atoms with Gasteiger partial charge in [0.15, 0.2) is 0 Å². The maximum atomic E-state index is 13.2. The van der Waals surface area contributed by atoms with Crippen molar-refractivity contribution in [2.24, 2.45) is 0 Å². The van der Waals surface area contributed by atoms with Crippen LogP contribution in [0.1, 0.15) is 6.42 Å². The molecule has 10 heteroatoms. The molecule has 152 valence electrons. The van der Waals surface area contributed by atoms with Gasteiger partial charge in [0.25, 0.3) is 0 Å². The highest BCUT2D eigenvalue weighted by atomic mass is 35.5. The Bertz CT molecular complexity index is 948. The number of benzene rings is 1. The number of nitrogens with zero attached hydrogens (tertiary/aromatic N) is 2. The van der Waals surface area contributed by atoms with E-state index in [1.807, 2.05) is 0 Å². The summed E-state index contributed by atoms with van der Waals surface area (Å²) in [6.45, 7) is 1.16. The molecule has 1 aromatic carbocycles. The minimum atomic E-state index is -3.76. The molecule has 0 spiro atoms. The van der Waals surface area contributed by atoms with Crippen molar-refractivity contribution in [3.8, 4) is 0 Å². The Morgan fingerprint density at radius 2 is 2.18 bits per heavy atom. The molecule has 2 heterocycles. The minimum Gasteiger partial charge on any atom is -0.382 e. The zero-order chi connectivity index (χ0) is 20.1. The van der Waals surface area contributed by atoms with E-state index in [9.17, 15) is 13.2 Å². The highest BCUT2D eigenvalue weighted by Crippen LogP contribution is 2.32. The second-order valence-electron chi connectivity index (χ2n) is 6.44. The van der Waals surface area contributed by atoms with Crippen molar-refractivity contribution in [1.29, 1.82) is 0 Å². The maximum absolute atomic E-state index is 13.2. The van der Waals surface area contributed by atoms with E-state index < -0.39 is 10.0 Å². The number of carbonyl (C=O) groups is 1. The molecule has 3 rings (SSSR count). The standard InChI is InChI=1S/C18H22ClN3O5S/c1-26-7-8-27-12-17(23)21-14-5-6-22(11-14)28(24,25)16-4-2-3-13-9-20-10-15(19)18(13)16/h2-4,9-10,14H,5-8,11-12H2,1H3,(H,21,23)/t14-/m0/s1.